The molecule has 1 aromatic rings. The molecular weight excluding hydrogens is 234 g/mol. The minimum Gasteiger partial charge on any atom is -0.317 e. The summed E-state index contributed by atoms with van der Waals surface area (Å²) in [5.41, 5.74) is 1.67. The van der Waals surface area contributed by atoms with Gasteiger partial charge in [0.15, 0.2) is 0 Å². The Morgan fingerprint density at radius 3 is 2.63 bits per heavy atom. The van der Waals surface area contributed by atoms with Crippen LogP contribution in [0.15, 0.2) is 12.3 Å². The summed E-state index contributed by atoms with van der Waals surface area (Å²) in [6.45, 7) is 7.15. The third kappa shape index (κ3) is 3.59. The molecule has 1 aromatic heterocycles. The summed E-state index contributed by atoms with van der Waals surface area (Å²) >= 11 is 0. The van der Waals surface area contributed by atoms with E-state index in [1.54, 1.807) is 0 Å². The molecule has 3 heteroatoms. The predicted octanol–water partition coefficient (Wildman–Crippen LogP) is 3.01. The lowest BCUT2D eigenvalue weighted by atomic mass is 9.66. The molecule has 1 fully saturated rings. The van der Waals surface area contributed by atoms with E-state index in [2.05, 4.69) is 44.3 Å². The van der Waals surface area contributed by atoms with Gasteiger partial charge in [-0.3, -0.25) is 4.68 Å². The summed E-state index contributed by atoms with van der Waals surface area (Å²) in [5.74, 6) is 1.56. The number of aryl methyl sites for hydroxylation is 1. The van der Waals surface area contributed by atoms with Crippen LogP contribution in [0.1, 0.15) is 45.7 Å². The Bertz CT molecular complexity index is 402. The van der Waals surface area contributed by atoms with Crippen molar-refractivity contribution in [2.24, 2.45) is 24.3 Å². The zero-order valence-electron chi connectivity index (χ0n) is 13.1. The second-order valence-corrected chi connectivity index (χ2v) is 7.22. The predicted molar refractivity (Wildman–Crippen MR) is 80.0 cm³/mol. The molecule has 19 heavy (non-hydrogen) atoms. The second kappa shape index (κ2) is 5.66. The van der Waals surface area contributed by atoms with Crippen molar-refractivity contribution >= 4 is 0 Å². The summed E-state index contributed by atoms with van der Waals surface area (Å²) in [6.07, 6.45) is 7.14. The van der Waals surface area contributed by atoms with Crippen molar-refractivity contribution in [2.75, 3.05) is 7.05 Å². The topological polar surface area (TPSA) is 29.9 Å². The van der Waals surface area contributed by atoms with E-state index in [-0.39, 0.29) is 0 Å². The van der Waals surface area contributed by atoms with Crippen molar-refractivity contribution in [3.63, 3.8) is 0 Å². The van der Waals surface area contributed by atoms with Crippen molar-refractivity contribution in [2.45, 2.75) is 52.5 Å². The van der Waals surface area contributed by atoms with E-state index in [0.29, 0.717) is 11.5 Å². The number of nitrogens with zero attached hydrogens (tertiary/aromatic N) is 2. The highest BCUT2D eigenvalue weighted by atomic mass is 15.2. The first-order chi connectivity index (χ1) is 8.90. The average Bonchev–Trinajstić information content (AvgIpc) is 2.73. The maximum atomic E-state index is 4.55. The van der Waals surface area contributed by atoms with E-state index in [1.807, 2.05) is 17.9 Å². The molecule has 0 spiro atoms. The Morgan fingerprint density at radius 2 is 2.11 bits per heavy atom. The lowest BCUT2D eigenvalue weighted by Crippen LogP contribution is -2.42. The van der Waals surface area contributed by atoms with Crippen molar-refractivity contribution in [1.29, 1.82) is 0 Å². The van der Waals surface area contributed by atoms with Gasteiger partial charge in [-0.05, 0) is 56.0 Å². The van der Waals surface area contributed by atoms with Crippen molar-refractivity contribution in [3.8, 4) is 0 Å². The average molecular weight is 263 g/mol. The molecule has 1 heterocycles. The number of hydrogen-bond acceptors (Lipinski definition) is 2. The summed E-state index contributed by atoms with van der Waals surface area (Å²) in [5, 5.41) is 8.07. The van der Waals surface area contributed by atoms with Crippen LogP contribution in [0.3, 0.4) is 0 Å². The maximum Gasteiger partial charge on any atom is 0.0627 e. The smallest absolute Gasteiger partial charge is 0.0627 e. The fourth-order valence-electron chi connectivity index (χ4n) is 3.50. The van der Waals surface area contributed by atoms with Gasteiger partial charge in [-0.25, -0.2) is 0 Å². The molecule has 0 amide bonds. The third-order valence-corrected chi connectivity index (χ3v) is 4.82. The molecule has 0 radical (unpaired) electrons. The van der Waals surface area contributed by atoms with Crippen LogP contribution >= 0.6 is 0 Å². The molecule has 3 atom stereocenters. The van der Waals surface area contributed by atoms with Gasteiger partial charge >= 0.3 is 0 Å². The Balaban J connectivity index is 2.05. The van der Waals surface area contributed by atoms with Crippen molar-refractivity contribution < 1.29 is 0 Å². The zero-order valence-corrected chi connectivity index (χ0v) is 13.1. The molecule has 0 aromatic carbocycles. The van der Waals surface area contributed by atoms with Gasteiger partial charge < -0.3 is 5.32 Å². The van der Waals surface area contributed by atoms with Crippen LogP contribution in [0, 0.1) is 17.3 Å². The number of hydrogen-bond donors (Lipinski definition) is 1. The van der Waals surface area contributed by atoms with Crippen LogP contribution in [0.2, 0.25) is 0 Å². The number of nitrogens with one attached hydrogen (secondary N) is 1. The highest BCUT2D eigenvalue weighted by molar-refractivity contribution is 5.03. The van der Waals surface area contributed by atoms with E-state index in [0.717, 1.165) is 18.3 Å². The van der Waals surface area contributed by atoms with Gasteiger partial charge in [-0.15, -0.1) is 0 Å². The van der Waals surface area contributed by atoms with Crippen molar-refractivity contribution in [3.05, 3.63) is 18.0 Å². The molecule has 1 saturated carbocycles. The van der Waals surface area contributed by atoms with E-state index in [4.69, 9.17) is 0 Å². The van der Waals surface area contributed by atoms with Gasteiger partial charge in [-0.2, -0.15) is 5.10 Å². The maximum absolute atomic E-state index is 4.55. The molecule has 3 unspecified atom stereocenters. The minimum atomic E-state index is 0.432. The molecule has 0 aliphatic heterocycles. The van der Waals surface area contributed by atoms with Gasteiger partial charge in [0.05, 0.1) is 5.69 Å². The van der Waals surface area contributed by atoms with E-state index < -0.39 is 0 Å². The van der Waals surface area contributed by atoms with E-state index in [1.165, 1.54) is 25.0 Å². The van der Waals surface area contributed by atoms with Crippen LogP contribution < -0.4 is 5.32 Å². The molecular formula is C16H29N3. The zero-order chi connectivity index (χ0) is 14.0. The van der Waals surface area contributed by atoms with Crippen LogP contribution in [0.5, 0.6) is 0 Å². The Kier molecular flexibility index (Phi) is 4.34. The molecule has 0 saturated heterocycles. The standard InChI is InChI=1S/C16H29N3/c1-16(2,3)13-6-7-15(17-4)12(10-13)11-14-8-9-19(5)18-14/h8-9,12-13,15,17H,6-7,10-11H2,1-5H3. The molecule has 0 bridgehead atoms. The van der Waals surface area contributed by atoms with Gasteiger partial charge in [0.25, 0.3) is 0 Å². The number of rotatable bonds is 3. The van der Waals surface area contributed by atoms with Gasteiger partial charge in [0.1, 0.15) is 0 Å². The molecule has 1 aliphatic rings. The second-order valence-electron chi connectivity index (χ2n) is 7.22. The SMILES string of the molecule is CNC1CCC(C(C)(C)C)CC1Cc1ccn(C)n1. The first-order valence-corrected chi connectivity index (χ1v) is 7.56. The summed E-state index contributed by atoms with van der Waals surface area (Å²) in [4.78, 5) is 0. The summed E-state index contributed by atoms with van der Waals surface area (Å²) in [7, 11) is 4.10. The van der Waals surface area contributed by atoms with E-state index in [9.17, 15) is 0 Å². The normalized spacial score (nSPS) is 28.6. The highest BCUT2D eigenvalue weighted by Gasteiger charge is 2.35. The first-order valence-electron chi connectivity index (χ1n) is 7.56. The fraction of sp³-hybridized carbons (Fsp3) is 0.812. The van der Waals surface area contributed by atoms with Gasteiger partial charge in [0.2, 0.25) is 0 Å². The Morgan fingerprint density at radius 1 is 1.37 bits per heavy atom. The lowest BCUT2D eigenvalue weighted by molar-refractivity contribution is 0.116. The third-order valence-electron chi connectivity index (χ3n) is 4.82. The molecule has 3 nitrogen and oxygen atoms in total. The van der Waals surface area contributed by atoms with E-state index >= 15 is 0 Å². The van der Waals surface area contributed by atoms with Crippen LogP contribution in [-0.4, -0.2) is 22.9 Å². The van der Waals surface area contributed by atoms with Gasteiger partial charge in [0, 0.05) is 19.3 Å². The number of aromatic nitrogens is 2. The largest absolute Gasteiger partial charge is 0.317 e. The first kappa shape index (κ1) is 14.6. The summed E-state index contributed by atoms with van der Waals surface area (Å²) < 4.78 is 1.91. The Hall–Kier alpha value is -0.830. The molecule has 108 valence electrons. The highest BCUT2D eigenvalue weighted by Crippen LogP contribution is 2.41. The van der Waals surface area contributed by atoms with Gasteiger partial charge in [-0.1, -0.05) is 20.8 Å². The van der Waals surface area contributed by atoms with Crippen LogP contribution in [-0.2, 0) is 13.5 Å². The minimum absolute atomic E-state index is 0.432. The van der Waals surface area contributed by atoms with Crippen molar-refractivity contribution in [1.82, 2.24) is 15.1 Å². The molecule has 1 aliphatic carbocycles. The summed E-state index contributed by atoms with van der Waals surface area (Å²) in [6, 6.07) is 2.81. The van der Waals surface area contributed by atoms with Crippen LogP contribution in [0.4, 0.5) is 0 Å². The molecule has 2 rings (SSSR count). The lowest BCUT2D eigenvalue weighted by Gasteiger charge is -2.41. The monoisotopic (exact) mass is 263 g/mol. The Labute approximate surface area is 117 Å². The molecule has 1 N–H and O–H groups in total. The fourth-order valence-corrected chi connectivity index (χ4v) is 3.50. The quantitative estimate of drug-likeness (QED) is 0.908. The van der Waals surface area contributed by atoms with Crippen LogP contribution in [0.25, 0.3) is 0 Å².